The molecule has 0 amide bonds. The molecule has 0 saturated carbocycles. The fourth-order valence-corrected chi connectivity index (χ4v) is 3.10. The second-order valence-corrected chi connectivity index (χ2v) is 5.79. The number of nitro benzene ring substituents is 1. The Labute approximate surface area is 125 Å². The number of fused-ring (bicyclic) bond motifs is 1. The topological polar surface area (TPSA) is 55.2 Å². The first kappa shape index (κ1) is 13.1. The van der Waals surface area contributed by atoms with E-state index in [4.69, 9.17) is 0 Å². The van der Waals surface area contributed by atoms with Gasteiger partial charge in [0.1, 0.15) is 0 Å². The summed E-state index contributed by atoms with van der Waals surface area (Å²) in [5, 5.41) is 14.2. The molecule has 2 aromatic rings. The molecule has 20 heavy (non-hydrogen) atoms. The second kappa shape index (κ2) is 5.25. The molecule has 1 aliphatic rings. The first-order valence-corrected chi connectivity index (χ1v) is 7.20. The van der Waals surface area contributed by atoms with Gasteiger partial charge in [-0.15, -0.1) is 0 Å². The Bertz CT molecular complexity index is 648. The van der Waals surface area contributed by atoms with Gasteiger partial charge in [-0.05, 0) is 46.0 Å². The first-order valence-electron chi connectivity index (χ1n) is 6.41. The van der Waals surface area contributed by atoms with E-state index in [1.165, 1.54) is 23.3 Å². The molecule has 0 heterocycles. The minimum Gasteiger partial charge on any atom is -0.381 e. The van der Waals surface area contributed by atoms with Crippen molar-refractivity contribution < 1.29 is 4.92 Å². The van der Waals surface area contributed by atoms with Gasteiger partial charge in [0.2, 0.25) is 0 Å². The van der Waals surface area contributed by atoms with E-state index in [0.29, 0.717) is 6.04 Å². The van der Waals surface area contributed by atoms with Crippen molar-refractivity contribution in [3.63, 3.8) is 0 Å². The molecule has 1 aliphatic carbocycles. The van der Waals surface area contributed by atoms with Crippen molar-refractivity contribution in [1.82, 2.24) is 0 Å². The molecule has 2 aromatic carbocycles. The number of non-ortho nitro benzene ring substituents is 1. The summed E-state index contributed by atoms with van der Waals surface area (Å²) >= 11 is 3.39. The quantitative estimate of drug-likeness (QED) is 0.684. The van der Waals surface area contributed by atoms with Gasteiger partial charge < -0.3 is 5.32 Å². The zero-order valence-corrected chi connectivity index (χ0v) is 12.3. The van der Waals surface area contributed by atoms with Crippen molar-refractivity contribution in [3.05, 3.63) is 68.2 Å². The van der Waals surface area contributed by atoms with Crippen LogP contribution in [-0.2, 0) is 12.8 Å². The van der Waals surface area contributed by atoms with Crippen molar-refractivity contribution in [2.24, 2.45) is 0 Å². The molecule has 3 rings (SSSR count). The highest BCUT2D eigenvalue weighted by Crippen LogP contribution is 2.30. The fourth-order valence-electron chi connectivity index (χ4n) is 2.62. The Morgan fingerprint density at radius 3 is 2.35 bits per heavy atom. The zero-order chi connectivity index (χ0) is 14.1. The summed E-state index contributed by atoms with van der Waals surface area (Å²) in [5.41, 5.74) is 3.75. The predicted octanol–water partition coefficient (Wildman–Crippen LogP) is 3.94. The van der Waals surface area contributed by atoms with Crippen LogP contribution in [0.15, 0.2) is 46.9 Å². The summed E-state index contributed by atoms with van der Waals surface area (Å²) in [6, 6.07) is 13.6. The average molecular weight is 333 g/mol. The summed E-state index contributed by atoms with van der Waals surface area (Å²) in [6.07, 6.45) is 1.97. The Morgan fingerprint density at radius 1 is 1.15 bits per heavy atom. The maximum Gasteiger partial charge on any atom is 0.270 e. The van der Waals surface area contributed by atoms with Gasteiger partial charge in [0.15, 0.2) is 0 Å². The summed E-state index contributed by atoms with van der Waals surface area (Å²) in [5.74, 6) is 0. The lowest BCUT2D eigenvalue weighted by Crippen LogP contribution is -2.19. The third-order valence-electron chi connectivity index (χ3n) is 3.57. The van der Waals surface area contributed by atoms with E-state index in [2.05, 4.69) is 45.5 Å². The van der Waals surface area contributed by atoms with E-state index in [1.807, 2.05) is 0 Å². The number of benzene rings is 2. The van der Waals surface area contributed by atoms with E-state index in [9.17, 15) is 10.1 Å². The molecule has 0 fully saturated rings. The summed E-state index contributed by atoms with van der Waals surface area (Å²) < 4.78 is 0.725. The lowest BCUT2D eigenvalue weighted by Gasteiger charge is -2.14. The molecule has 0 unspecified atom stereocenters. The highest BCUT2D eigenvalue weighted by molar-refractivity contribution is 9.10. The van der Waals surface area contributed by atoms with Crippen LogP contribution in [0.5, 0.6) is 0 Å². The largest absolute Gasteiger partial charge is 0.381 e. The monoisotopic (exact) mass is 332 g/mol. The summed E-state index contributed by atoms with van der Waals surface area (Å²) in [4.78, 5) is 10.3. The first-order chi connectivity index (χ1) is 9.63. The number of nitrogens with one attached hydrogen (secondary N) is 1. The van der Waals surface area contributed by atoms with E-state index >= 15 is 0 Å². The minimum absolute atomic E-state index is 0.0946. The predicted molar refractivity (Wildman–Crippen MR) is 82.1 cm³/mol. The van der Waals surface area contributed by atoms with Crippen LogP contribution >= 0.6 is 15.9 Å². The smallest absolute Gasteiger partial charge is 0.270 e. The Balaban J connectivity index is 1.75. The molecule has 0 aliphatic heterocycles. The van der Waals surface area contributed by atoms with Crippen LogP contribution in [0.4, 0.5) is 11.4 Å². The van der Waals surface area contributed by atoms with Crippen LogP contribution in [0, 0.1) is 10.1 Å². The van der Waals surface area contributed by atoms with E-state index in [1.54, 1.807) is 6.07 Å². The molecular formula is C15H13BrN2O2. The van der Waals surface area contributed by atoms with Crippen molar-refractivity contribution >= 4 is 27.3 Å². The van der Waals surface area contributed by atoms with E-state index in [-0.39, 0.29) is 10.6 Å². The van der Waals surface area contributed by atoms with E-state index in [0.717, 1.165) is 23.0 Å². The van der Waals surface area contributed by atoms with Gasteiger partial charge in [0.05, 0.1) is 4.92 Å². The summed E-state index contributed by atoms with van der Waals surface area (Å²) in [7, 11) is 0. The third kappa shape index (κ3) is 2.54. The number of nitrogens with zero attached hydrogens (tertiary/aromatic N) is 1. The second-order valence-electron chi connectivity index (χ2n) is 4.94. The van der Waals surface area contributed by atoms with Gasteiger partial charge in [0, 0.05) is 28.3 Å². The van der Waals surface area contributed by atoms with Crippen molar-refractivity contribution in [3.8, 4) is 0 Å². The molecule has 0 spiro atoms. The van der Waals surface area contributed by atoms with Gasteiger partial charge in [-0.25, -0.2) is 0 Å². The highest BCUT2D eigenvalue weighted by Gasteiger charge is 2.21. The van der Waals surface area contributed by atoms with Crippen LogP contribution in [0.1, 0.15) is 11.1 Å². The Kier molecular flexibility index (Phi) is 3.44. The van der Waals surface area contributed by atoms with Crippen molar-refractivity contribution in [2.45, 2.75) is 18.9 Å². The SMILES string of the molecule is O=[N+]([O-])c1ccc(NC2Cc3ccccc3C2)c(Br)c1. The van der Waals surface area contributed by atoms with Gasteiger partial charge >= 0.3 is 0 Å². The fraction of sp³-hybridized carbons (Fsp3) is 0.200. The Morgan fingerprint density at radius 2 is 1.80 bits per heavy atom. The molecule has 1 N–H and O–H groups in total. The summed E-state index contributed by atoms with van der Waals surface area (Å²) in [6.45, 7) is 0. The van der Waals surface area contributed by atoms with Crippen LogP contribution in [0.3, 0.4) is 0 Å². The Hall–Kier alpha value is -1.88. The van der Waals surface area contributed by atoms with E-state index < -0.39 is 0 Å². The number of hydrogen-bond acceptors (Lipinski definition) is 3. The lowest BCUT2D eigenvalue weighted by molar-refractivity contribution is -0.384. The number of nitro groups is 1. The average Bonchev–Trinajstić information content (AvgIpc) is 2.83. The van der Waals surface area contributed by atoms with Crippen LogP contribution < -0.4 is 5.32 Å². The van der Waals surface area contributed by atoms with Gasteiger partial charge in [-0.1, -0.05) is 24.3 Å². The third-order valence-corrected chi connectivity index (χ3v) is 4.23. The number of rotatable bonds is 3. The van der Waals surface area contributed by atoms with Crippen molar-refractivity contribution in [1.29, 1.82) is 0 Å². The highest BCUT2D eigenvalue weighted by atomic mass is 79.9. The normalized spacial score (nSPS) is 14.1. The maximum absolute atomic E-state index is 10.7. The van der Waals surface area contributed by atoms with Gasteiger partial charge in [-0.3, -0.25) is 10.1 Å². The molecule has 4 nitrogen and oxygen atoms in total. The molecule has 102 valence electrons. The molecule has 5 heteroatoms. The maximum atomic E-state index is 10.7. The lowest BCUT2D eigenvalue weighted by atomic mass is 10.1. The molecule has 0 radical (unpaired) electrons. The molecule has 0 aromatic heterocycles. The molecule has 0 bridgehead atoms. The molecule has 0 saturated heterocycles. The number of halogens is 1. The number of anilines is 1. The number of hydrogen-bond donors (Lipinski definition) is 1. The van der Waals surface area contributed by atoms with Crippen LogP contribution in [0.25, 0.3) is 0 Å². The van der Waals surface area contributed by atoms with Crippen molar-refractivity contribution in [2.75, 3.05) is 5.32 Å². The van der Waals surface area contributed by atoms with Gasteiger partial charge in [-0.2, -0.15) is 0 Å². The van der Waals surface area contributed by atoms with Crippen LogP contribution in [-0.4, -0.2) is 11.0 Å². The minimum atomic E-state index is -0.389. The molecular weight excluding hydrogens is 320 g/mol. The van der Waals surface area contributed by atoms with Gasteiger partial charge in [0.25, 0.3) is 5.69 Å². The zero-order valence-electron chi connectivity index (χ0n) is 10.7. The molecule has 0 atom stereocenters. The standard InChI is InChI=1S/C15H13BrN2O2/c16-14-9-13(18(19)20)5-6-15(14)17-12-7-10-3-1-2-4-11(10)8-12/h1-6,9,12,17H,7-8H2. The van der Waals surface area contributed by atoms with Crippen LogP contribution in [0.2, 0.25) is 0 Å².